The predicted molar refractivity (Wildman–Crippen MR) is 152 cm³/mol. The lowest BCUT2D eigenvalue weighted by Gasteiger charge is -2.42. The Labute approximate surface area is 242 Å². The molecule has 1 unspecified atom stereocenters. The van der Waals surface area contributed by atoms with Gasteiger partial charge in [0.25, 0.3) is 5.91 Å². The molecular weight excluding hydrogens is 536 g/mol. The second-order valence-corrected chi connectivity index (χ2v) is 11.5. The molecule has 42 heavy (non-hydrogen) atoms. The Bertz CT molecular complexity index is 1690. The summed E-state index contributed by atoms with van der Waals surface area (Å²) in [4.78, 5) is 44.7. The molecule has 1 fully saturated rings. The van der Waals surface area contributed by atoms with Crippen molar-refractivity contribution in [2.45, 2.75) is 51.0 Å². The summed E-state index contributed by atoms with van der Waals surface area (Å²) in [5.41, 5.74) is 8.84. The van der Waals surface area contributed by atoms with Crippen molar-refractivity contribution in [2.75, 3.05) is 20.2 Å². The van der Waals surface area contributed by atoms with Crippen molar-refractivity contribution in [3.05, 3.63) is 82.3 Å². The van der Waals surface area contributed by atoms with E-state index in [2.05, 4.69) is 27.4 Å². The summed E-state index contributed by atoms with van der Waals surface area (Å²) in [5, 5.41) is 16.1. The lowest BCUT2D eigenvalue weighted by Crippen LogP contribution is -2.63. The number of hydrogen-bond donors (Lipinski definition) is 2. The molecule has 1 aliphatic heterocycles. The normalized spacial score (nSPS) is 21.2. The number of ether oxygens (including phenoxy) is 1. The number of hydrogen-bond acceptors (Lipinski definition) is 8. The third-order valence-electron chi connectivity index (χ3n) is 8.66. The van der Waals surface area contributed by atoms with Crippen LogP contribution >= 0.6 is 0 Å². The van der Waals surface area contributed by atoms with Crippen LogP contribution in [0.4, 0.5) is 0 Å². The van der Waals surface area contributed by atoms with Crippen LogP contribution in [0.15, 0.2) is 54.2 Å². The number of rotatable bonds is 5. The molecule has 0 bridgehead atoms. The van der Waals surface area contributed by atoms with Crippen molar-refractivity contribution in [1.82, 2.24) is 35.2 Å². The van der Waals surface area contributed by atoms with E-state index in [1.165, 1.54) is 6.20 Å². The van der Waals surface area contributed by atoms with E-state index >= 15 is 0 Å². The maximum atomic E-state index is 14.2. The molecule has 1 saturated heterocycles. The molecule has 0 aromatic carbocycles. The number of nitrogens with zero attached hydrogens (tertiary/aromatic N) is 6. The van der Waals surface area contributed by atoms with Crippen molar-refractivity contribution in [1.29, 1.82) is 0 Å². The molecular formula is C30H32N8O4. The number of pyridine rings is 1. The van der Waals surface area contributed by atoms with Crippen molar-refractivity contribution < 1.29 is 19.1 Å². The van der Waals surface area contributed by atoms with E-state index in [1.54, 1.807) is 61.1 Å². The average Bonchev–Trinajstić information content (AvgIpc) is 3.39. The molecule has 1 atom stereocenters. The van der Waals surface area contributed by atoms with Gasteiger partial charge in [0.05, 0.1) is 18.4 Å². The number of allylic oxidation sites excluding steroid dienone is 3. The van der Waals surface area contributed by atoms with Crippen LogP contribution in [-0.2, 0) is 21.4 Å². The number of amides is 3. The Morgan fingerprint density at radius 3 is 2.69 bits per heavy atom. The number of nitrogens with two attached hydrogens (primary N) is 1. The Hall–Kier alpha value is -4.87. The number of aromatic nitrogens is 5. The molecule has 216 valence electrons. The van der Waals surface area contributed by atoms with Crippen LogP contribution in [0, 0.1) is 0 Å². The molecule has 3 aromatic heterocycles. The SMILES string of the molecule is COC1=C(c2cncc(C(N)=O)c2)CC2(C)C(=C1)CCc1c(C(=O)N3CCNC(=O)C3(C)C)nn(-c3cccnn3)c12. The van der Waals surface area contributed by atoms with Crippen molar-refractivity contribution >= 4 is 23.3 Å². The average molecular weight is 569 g/mol. The first-order chi connectivity index (χ1) is 20.1. The largest absolute Gasteiger partial charge is 0.496 e. The topological polar surface area (TPSA) is 158 Å². The first-order valence-corrected chi connectivity index (χ1v) is 13.8. The van der Waals surface area contributed by atoms with Gasteiger partial charge in [-0.1, -0.05) is 5.57 Å². The predicted octanol–water partition coefficient (Wildman–Crippen LogP) is 2.10. The number of carbonyl (C=O) groups is 3. The standard InChI is InChI=1S/C30H32N8O4/c1-29(2)28(41)33-10-11-37(29)27(40)24-20-8-7-19-13-22(42-4)21(17-12-18(26(31)39)16-32-15-17)14-30(19,3)25(20)38(36-24)23-6-5-9-34-35-23/h5-6,9,12-13,15-16H,7-8,10-11,14H2,1-4H3,(H2,31,39)(H,33,41). The van der Waals surface area contributed by atoms with Gasteiger partial charge in [-0.15, -0.1) is 5.10 Å². The van der Waals surface area contributed by atoms with E-state index in [0.717, 1.165) is 28.0 Å². The van der Waals surface area contributed by atoms with Crippen LogP contribution in [-0.4, -0.2) is 73.3 Å². The van der Waals surface area contributed by atoms with Crippen LogP contribution in [0.5, 0.6) is 0 Å². The molecule has 3 amide bonds. The monoisotopic (exact) mass is 568 g/mol. The summed E-state index contributed by atoms with van der Waals surface area (Å²) >= 11 is 0. The Morgan fingerprint density at radius 1 is 1.17 bits per heavy atom. The minimum Gasteiger partial charge on any atom is -0.496 e. The van der Waals surface area contributed by atoms with Crippen molar-refractivity contribution in [2.24, 2.45) is 5.73 Å². The minimum atomic E-state index is -1.03. The van der Waals surface area contributed by atoms with Crippen molar-refractivity contribution in [3.63, 3.8) is 0 Å². The Balaban J connectivity index is 1.53. The molecule has 3 N–H and O–H groups in total. The third-order valence-corrected chi connectivity index (χ3v) is 8.66. The molecule has 3 aromatic rings. The third kappa shape index (κ3) is 4.16. The smallest absolute Gasteiger partial charge is 0.275 e. The van der Waals surface area contributed by atoms with E-state index in [9.17, 15) is 14.4 Å². The number of nitrogens with one attached hydrogen (secondary N) is 1. The fourth-order valence-corrected chi connectivity index (χ4v) is 6.35. The van der Waals surface area contributed by atoms with Gasteiger partial charge in [0.15, 0.2) is 11.5 Å². The van der Waals surface area contributed by atoms with Gasteiger partial charge >= 0.3 is 0 Å². The van der Waals surface area contributed by atoms with Gasteiger partial charge < -0.3 is 20.7 Å². The molecule has 12 heteroatoms. The van der Waals surface area contributed by atoms with E-state index in [-0.39, 0.29) is 11.8 Å². The van der Waals surface area contributed by atoms with Gasteiger partial charge in [-0.25, -0.2) is 4.68 Å². The molecule has 4 heterocycles. The second kappa shape index (κ2) is 9.89. The number of methoxy groups -OCH3 is 1. The highest BCUT2D eigenvalue weighted by molar-refractivity contribution is 6.00. The number of primary amides is 1. The molecule has 2 aliphatic carbocycles. The van der Waals surface area contributed by atoms with Gasteiger partial charge in [-0.2, -0.15) is 10.2 Å². The van der Waals surface area contributed by atoms with Crippen LogP contribution < -0.4 is 11.1 Å². The highest BCUT2D eigenvalue weighted by Gasteiger charge is 2.48. The van der Waals surface area contributed by atoms with E-state index < -0.39 is 16.9 Å². The van der Waals surface area contributed by atoms with Gasteiger partial charge in [0, 0.05) is 53.8 Å². The summed E-state index contributed by atoms with van der Waals surface area (Å²) in [6.45, 7) is 6.35. The molecule has 0 saturated carbocycles. The first kappa shape index (κ1) is 27.3. The van der Waals surface area contributed by atoms with Crippen LogP contribution in [0.3, 0.4) is 0 Å². The summed E-state index contributed by atoms with van der Waals surface area (Å²) in [6.07, 6.45) is 8.47. The van der Waals surface area contributed by atoms with E-state index in [4.69, 9.17) is 15.6 Å². The fourth-order valence-electron chi connectivity index (χ4n) is 6.35. The molecule has 6 rings (SSSR count). The highest BCUT2D eigenvalue weighted by atomic mass is 16.5. The van der Waals surface area contributed by atoms with E-state index in [1.807, 2.05) is 6.08 Å². The van der Waals surface area contributed by atoms with E-state index in [0.29, 0.717) is 55.2 Å². The first-order valence-electron chi connectivity index (χ1n) is 13.8. The zero-order valence-electron chi connectivity index (χ0n) is 24.0. The lowest BCUT2D eigenvalue weighted by molar-refractivity contribution is -0.133. The van der Waals surface area contributed by atoms with Crippen LogP contribution in [0.25, 0.3) is 11.4 Å². The van der Waals surface area contributed by atoms with Crippen LogP contribution in [0.1, 0.15) is 71.3 Å². The van der Waals surface area contributed by atoms with Gasteiger partial charge in [-0.3, -0.25) is 19.4 Å². The molecule has 3 aliphatic rings. The zero-order chi connectivity index (χ0) is 29.8. The summed E-state index contributed by atoms with van der Waals surface area (Å²) in [7, 11) is 1.62. The highest BCUT2D eigenvalue weighted by Crippen LogP contribution is 2.52. The number of fused-ring (bicyclic) bond motifs is 3. The minimum absolute atomic E-state index is 0.206. The summed E-state index contributed by atoms with van der Waals surface area (Å²) < 4.78 is 7.54. The number of carbonyl (C=O) groups excluding carboxylic acids is 3. The fraction of sp³-hybridized carbons (Fsp3) is 0.367. The second-order valence-electron chi connectivity index (χ2n) is 11.5. The van der Waals surface area contributed by atoms with Gasteiger partial charge in [0.1, 0.15) is 11.3 Å². The molecule has 0 radical (unpaired) electrons. The molecule has 12 nitrogen and oxygen atoms in total. The maximum Gasteiger partial charge on any atom is 0.275 e. The zero-order valence-corrected chi connectivity index (χ0v) is 24.0. The quantitative estimate of drug-likeness (QED) is 0.474. The summed E-state index contributed by atoms with van der Waals surface area (Å²) in [6, 6.07) is 5.29. The number of piperazine rings is 1. The van der Waals surface area contributed by atoms with Gasteiger partial charge in [-0.05, 0) is 64.3 Å². The summed E-state index contributed by atoms with van der Waals surface area (Å²) in [5.74, 6) is 0.0822. The van der Waals surface area contributed by atoms with Gasteiger partial charge in [0.2, 0.25) is 11.8 Å². The van der Waals surface area contributed by atoms with Crippen LogP contribution in [0.2, 0.25) is 0 Å². The van der Waals surface area contributed by atoms with Crippen molar-refractivity contribution in [3.8, 4) is 5.82 Å². The maximum absolute atomic E-state index is 14.2. The molecule has 0 spiro atoms. The Kier molecular flexibility index (Phi) is 6.43. The lowest BCUT2D eigenvalue weighted by atomic mass is 9.64. The Morgan fingerprint density at radius 2 is 1.98 bits per heavy atom.